The number of carbonyl (C=O) groups is 2. The summed E-state index contributed by atoms with van der Waals surface area (Å²) in [6, 6.07) is 9.14. The van der Waals surface area contributed by atoms with Crippen molar-refractivity contribution in [2.75, 3.05) is 26.3 Å². The van der Waals surface area contributed by atoms with Crippen molar-refractivity contribution >= 4 is 35.5 Å². The van der Waals surface area contributed by atoms with Crippen LogP contribution in [0.15, 0.2) is 50.3 Å². The van der Waals surface area contributed by atoms with Crippen molar-refractivity contribution < 1.29 is 19.1 Å². The minimum absolute atomic E-state index is 0.0483. The van der Waals surface area contributed by atoms with Crippen molar-refractivity contribution in [1.82, 2.24) is 5.32 Å². The van der Waals surface area contributed by atoms with Gasteiger partial charge in [0.2, 0.25) is 5.91 Å². The van der Waals surface area contributed by atoms with E-state index in [0.29, 0.717) is 28.2 Å². The molecule has 0 saturated heterocycles. The van der Waals surface area contributed by atoms with Gasteiger partial charge in [0.1, 0.15) is 19.0 Å². The Balaban J connectivity index is 2.73. The lowest BCUT2D eigenvalue weighted by molar-refractivity contribution is -0.124. The van der Waals surface area contributed by atoms with Crippen LogP contribution in [0.1, 0.15) is 36.5 Å². The summed E-state index contributed by atoms with van der Waals surface area (Å²) in [5, 5.41) is 2.82. The first-order valence-electron chi connectivity index (χ1n) is 13.9. The molecule has 0 bridgehead atoms. The maximum Gasteiger partial charge on any atom is 0.220 e. The topological polar surface area (TPSA) is 322 Å². The van der Waals surface area contributed by atoms with Gasteiger partial charge in [-0.3, -0.25) is 14.8 Å². The average molecular weight is 626 g/mol. The first-order chi connectivity index (χ1) is 21.4. The molecule has 0 heterocycles. The highest BCUT2D eigenvalue weighted by atomic mass is 16.5. The molecular formula is C28H43N13O4. The van der Waals surface area contributed by atoms with E-state index in [-0.39, 0.29) is 94.3 Å². The van der Waals surface area contributed by atoms with E-state index < -0.39 is 0 Å². The number of ether oxygens (including phenoxy) is 2. The molecular weight excluding hydrogens is 582 g/mol. The molecule has 45 heavy (non-hydrogen) atoms. The number of rotatable bonds is 18. The molecule has 244 valence electrons. The van der Waals surface area contributed by atoms with Crippen LogP contribution >= 0.6 is 0 Å². The van der Waals surface area contributed by atoms with E-state index in [1.54, 1.807) is 6.07 Å². The maximum atomic E-state index is 12.5. The number of hydrogen-bond acceptors (Lipinski definition) is 8. The highest BCUT2D eigenvalue weighted by Gasteiger charge is 2.21. The number of guanidine groups is 4. The van der Waals surface area contributed by atoms with E-state index in [1.165, 1.54) is 6.92 Å². The second-order valence-corrected chi connectivity index (χ2v) is 9.64. The summed E-state index contributed by atoms with van der Waals surface area (Å²) in [5.41, 5.74) is 47.9. The number of nitrogens with two attached hydrogens (primary N) is 8. The third kappa shape index (κ3) is 12.6. The molecule has 17 N–H and O–H groups in total. The molecule has 0 spiro atoms. The number of ketones is 1. The van der Waals surface area contributed by atoms with Gasteiger partial charge in [0.15, 0.2) is 35.3 Å². The second-order valence-electron chi connectivity index (χ2n) is 9.64. The SMILES string of the molecule is CC(=O)CCC(=O)NCc1ccc(-c2cccc(CN=C(N)N)c2CN=C(N)N)c(OCCN=C(N)N)c1OCCN=C(N)N. The van der Waals surface area contributed by atoms with Crippen LogP contribution in [0.3, 0.4) is 0 Å². The third-order valence-electron chi connectivity index (χ3n) is 6.05. The largest absolute Gasteiger partial charge is 0.487 e. The summed E-state index contributed by atoms with van der Waals surface area (Å²) >= 11 is 0. The van der Waals surface area contributed by atoms with Gasteiger partial charge in [-0.2, -0.15) is 0 Å². The Morgan fingerprint density at radius 2 is 1.24 bits per heavy atom. The Bertz CT molecular complexity index is 1440. The fourth-order valence-electron chi connectivity index (χ4n) is 4.04. The number of benzene rings is 2. The average Bonchev–Trinajstić information content (AvgIpc) is 2.97. The molecule has 0 saturated carbocycles. The van der Waals surface area contributed by atoms with Gasteiger partial charge in [-0.1, -0.05) is 30.3 Å². The molecule has 0 aliphatic heterocycles. The van der Waals surface area contributed by atoms with E-state index in [0.717, 1.165) is 11.1 Å². The van der Waals surface area contributed by atoms with Gasteiger partial charge >= 0.3 is 0 Å². The summed E-state index contributed by atoms with van der Waals surface area (Å²) in [6.07, 6.45) is 0.174. The Morgan fingerprint density at radius 3 is 1.82 bits per heavy atom. The van der Waals surface area contributed by atoms with Gasteiger partial charge in [-0.25, -0.2) is 9.98 Å². The van der Waals surface area contributed by atoms with Gasteiger partial charge in [-0.15, -0.1) is 0 Å². The van der Waals surface area contributed by atoms with E-state index in [4.69, 9.17) is 55.3 Å². The van der Waals surface area contributed by atoms with Crippen molar-refractivity contribution in [2.24, 2.45) is 65.8 Å². The van der Waals surface area contributed by atoms with E-state index in [2.05, 4.69) is 25.3 Å². The monoisotopic (exact) mass is 625 g/mol. The zero-order valence-electron chi connectivity index (χ0n) is 25.3. The molecule has 0 fully saturated rings. The fourth-order valence-corrected chi connectivity index (χ4v) is 4.04. The minimum Gasteiger partial charge on any atom is -0.487 e. The Kier molecular flexibility index (Phi) is 14.2. The highest BCUT2D eigenvalue weighted by Crippen LogP contribution is 2.43. The molecule has 17 heteroatoms. The number of amides is 1. The third-order valence-corrected chi connectivity index (χ3v) is 6.05. The molecule has 1 amide bonds. The minimum atomic E-state index is -0.303. The maximum absolute atomic E-state index is 12.5. The van der Waals surface area contributed by atoms with Crippen molar-refractivity contribution in [1.29, 1.82) is 0 Å². The molecule has 0 unspecified atom stereocenters. The highest BCUT2D eigenvalue weighted by molar-refractivity contribution is 5.84. The molecule has 0 aliphatic rings. The van der Waals surface area contributed by atoms with Crippen LogP contribution in [-0.4, -0.2) is 61.8 Å². The fraction of sp³-hybridized carbons (Fsp3) is 0.357. The van der Waals surface area contributed by atoms with E-state index in [9.17, 15) is 9.59 Å². The second kappa shape index (κ2) is 18.0. The molecule has 2 rings (SSSR count). The molecule has 2 aromatic rings. The van der Waals surface area contributed by atoms with Crippen LogP contribution in [0.5, 0.6) is 11.5 Å². The lowest BCUT2D eigenvalue weighted by Gasteiger charge is -2.22. The first kappa shape index (κ1) is 35.5. The van der Waals surface area contributed by atoms with Crippen LogP contribution in [0, 0.1) is 0 Å². The van der Waals surface area contributed by atoms with Gasteiger partial charge in [0.05, 0.1) is 26.2 Å². The van der Waals surface area contributed by atoms with Crippen LogP contribution in [-0.2, 0) is 29.2 Å². The molecule has 0 aromatic heterocycles. The predicted octanol–water partition coefficient (Wildman–Crippen LogP) is -1.81. The van der Waals surface area contributed by atoms with Crippen LogP contribution in [0.2, 0.25) is 0 Å². The predicted molar refractivity (Wildman–Crippen MR) is 175 cm³/mol. The number of hydrogen-bond donors (Lipinski definition) is 9. The number of nitrogens with zero attached hydrogens (tertiary/aromatic N) is 4. The number of nitrogens with one attached hydrogen (secondary N) is 1. The molecule has 0 aliphatic carbocycles. The van der Waals surface area contributed by atoms with Gasteiger partial charge in [-0.05, 0) is 23.6 Å². The standard InChI is InChI=1S/C28H43N13O4/c1-16(42)5-8-22(43)39-14-18-6-7-20(19-4-2-3-17(13-40-27(33)34)21(19)15-41-28(35)36)24(45-12-10-38-26(31)32)23(18)44-11-9-37-25(29)30/h2-4,6-7H,5,8-15H2,1H3,(H,39,43)(H4,29,30,37)(H4,31,32,38)(H4,33,34,40)(H4,35,36,41). The zero-order valence-corrected chi connectivity index (χ0v) is 25.3. The lowest BCUT2D eigenvalue weighted by atomic mass is 9.93. The van der Waals surface area contributed by atoms with Gasteiger partial charge in [0.25, 0.3) is 0 Å². The van der Waals surface area contributed by atoms with Crippen molar-refractivity contribution in [3.05, 3.63) is 47.0 Å². The molecule has 0 atom stereocenters. The van der Waals surface area contributed by atoms with E-state index >= 15 is 0 Å². The summed E-state index contributed by atoms with van der Waals surface area (Å²) < 4.78 is 12.4. The first-order valence-corrected chi connectivity index (χ1v) is 13.9. The summed E-state index contributed by atoms with van der Waals surface area (Å²) in [7, 11) is 0. The van der Waals surface area contributed by atoms with Crippen LogP contribution < -0.4 is 60.7 Å². The van der Waals surface area contributed by atoms with Gasteiger partial charge in [0, 0.05) is 30.5 Å². The number of aliphatic imine (C=N–C) groups is 4. The van der Waals surface area contributed by atoms with Crippen LogP contribution in [0.4, 0.5) is 0 Å². The quantitative estimate of drug-likeness (QED) is 0.0503. The van der Waals surface area contributed by atoms with E-state index in [1.807, 2.05) is 24.3 Å². The Hall–Kier alpha value is -5.74. The van der Waals surface area contributed by atoms with Crippen molar-refractivity contribution in [2.45, 2.75) is 39.4 Å². The molecule has 2 aromatic carbocycles. The normalized spacial score (nSPS) is 10.2. The zero-order chi connectivity index (χ0) is 33.4. The number of Topliss-reactive ketones (excluding diaryl/α,β-unsaturated/α-hetero) is 1. The summed E-state index contributed by atoms with van der Waals surface area (Å²) in [4.78, 5) is 40.2. The number of carbonyl (C=O) groups excluding carboxylic acids is 2. The van der Waals surface area contributed by atoms with Crippen LogP contribution in [0.25, 0.3) is 11.1 Å². The van der Waals surface area contributed by atoms with Crippen molar-refractivity contribution in [3.8, 4) is 22.6 Å². The Labute approximate surface area is 261 Å². The van der Waals surface area contributed by atoms with Crippen molar-refractivity contribution in [3.63, 3.8) is 0 Å². The lowest BCUT2D eigenvalue weighted by Crippen LogP contribution is -2.25. The summed E-state index contributed by atoms with van der Waals surface area (Å²) in [6.45, 7) is 2.20. The summed E-state index contributed by atoms with van der Waals surface area (Å²) in [5.74, 6) is -0.129. The Morgan fingerprint density at radius 1 is 0.667 bits per heavy atom. The molecule has 17 nitrogen and oxygen atoms in total. The smallest absolute Gasteiger partial charge is 0.220 e. The van der Waals surface area contributed by atoms with Gasteiger partial charge < -0.3 is 65.5 Å². The molecule has 0 radical (unpaired) electrons.